The van der Waals surface area contributed by atoms with Gasteiger partial charge in [-0.05, 0) is 11.8 Å². The molecule has 0 aromatic heterocycles. The van der Waals surface area contributed by atoms with Crippen LogP contribution in [-0.2, 0) is 0 Å². The molecule has 2 aliphatic heterocycles. The summed E-state index contributed by atoms with van der Waals surface area (Å²) in [5, 5.41) is 6.71. The molecule has 0 radical (unpaired) electrons. The van der Waals surface area contributed by atoms with Gasteiger partial charge in [0.05, 0.1) is 0 Å². The minimum absolute atomic E-state index is 0.590. The molecule has 1 fully saturated rings. The molecule has 13 heavy (non-hydrogen) atoms. The molecule has 3 rings (SSSR count). The van der Waals surface area contributed by atoms with Gasteiger partial charge < -0.3 is 5.32 Å². The Balaban J connectivity index is 1.89. The zero-order chi connectivity index (χ0) is 8.67. The minimum Gasteiger partial charge on any atom is -0.306 e. The smallest absolute Gasteiger partial charge is 0.0330 e. The van der Waals surface area contributed by atoms with Crippen LogP contribution >= 0.6 is 11.8 Å². The van der Waals surface area contributed by atoms with E-state index < -0.39 is 0 Å². The highest BCUT2D eigenvalue weighted by molar-refractivity contribution is 8.02. The molecular formula is C11H13NS. The molecule has 1 aliphatic carbocycles. The van der Waals surface area contributed by atoms with Crippen LogP contribution in [-0.4, -0.2) is 17.3 Å². The highest BCUT2D eigenvalue weighted by Crippen LogP contribution is 2.39. The van der Waals surface area contributed by atoms with E-state index in [1.165, 1.54) is 6.42 Å². The van der Waals surface area contributed by atoms with Crippen molar-refractivity contribution in [2.75, 3.05) is 0 Å². The Morgan fingerprint density at radius 1 is 1.23 bits per heavy atom. The monoisotopic (exact) mass is 191 g/mol. The van der Waals surface area contributed by atoms with E-state index in [2.05, 4.69) is 41.1 Å². The van der Waals surface area contributed by atoms with Gasteiger partial charge in [-0.15, -0.1) is 11.8 Å². The molecule has 4 unspecified atom stereocenters. The summed E-state index contributed by atoms with van der Waals surface area (Å²) in [6.07, 6.45) is 12.5. The summed E-state index contributed by atoms with van der Waals surface area (Å²) in [7, 11) is 0. The van der Waals surface area contributed by atoms with Crippen LogP contribution < -0.4 is 5.32 Å². The maximum absolute atomic E-state index is 3.68. The lowest BCUT2D eigenvalue weighted by molar-refractivity contribution is 0.585. The third kappa shape index (κ3) is 1.20. The molecule has 0 aromatic carbocycles. The normalized spacial score (nSPS) is 46.2. The van der Waals surface area contributed by atoms with Crippen molar-refractivity contribution in [3.05, 3.63) is 35.8 Å². The van der Waals surface area contributed by atoms with Crippen LogP contribution in [0.25, 0.3) is 0 Å². The molecule has 2 heteroatoms. The van der Waals surface area contributed by atoms with Crippen LogP contribution in [0, 0.1) is 5.92 Å². The van der Waals surface area contributed by atoms with Gasteiger partial charge in [-0.25, -0.2) is 0 Å². The predicted molar refractivity (Wildman–Crippen MR) is 57.6 cm³/mol. The summed E-state index contributed by atoms with van der Waals surface area (Å²) in [6.45, 7) is 0. The van der Waals surface area contributed by atoms with Gasteiger partial charge in [0.1, 0.15) is 0 Å². The Morgan fingerprint density at radius 3 is 3.15 bits per heavy atom. The van der Waals surface area contributed by atoms with Crippen molar-refractivity contribution in [3.63, 3.8) is 0 Å². The molecular weight excluding hydrogens is 178 g/mol. The standard InChI is InChI=1S/C11H13NS/c1-2-5-9-8(4-1)11-10(12-9)6-3-7-13-11/h1-5,7-12H,6H2. The van der Waals surface area contributed by atoms with E-state index in [4.69, 9.17) is 0 Å². The number of nitrogens with one attached hydrogen (secondary N) is 1. The molecule has 1 saturated heterocycles. The van der Waals surface area contributed by atoms with E-state index >= 15 is 0 Å². The minimum atomic E-state index is 0.590. The fourth-order valence-electron chi connectivity index (χ4n) is 2.45. The maximum atomic E-state index is 3.68. The summed E-state index contributed by atoms with van der Waals surface area (Å²) in [6, 6.07) is 1.28. The van der Waals surface area contributed by atoms with Gasteiger partial charge in [-0.1, -0.05) is 30.4 Å². The molecule has 0 aromatic rings. The van der Waals surface area contributed by atoms with Gasteiger partial charge in [0.15, 0.2) is 0 Å². The van der Waals surface area contributed by atoms with Gasteiger partial charge in [0.2, 0.25) is 0 Å². The lowest BCUT2D eigenvalue weighted by Crippen LogP contribution is -2.31. The van der Waals surface area contributed by atoms with Crippen molar-refractivity contribution < 1.29 is 0 Å². The van der Waals surface area contributed by atoms with Gasteiger partial charge in [-0.3, -0.25) is 0 Å². The summed E-state index contributed by atoms with van der Waals surface area (Å²) in [4.78, 5) is 0. The predicted octanol–water partition coefficient (Wildman–Crippen LogP) is 2.09. The summed E-state index contributed by atoms with van der Waals surface area (Å²) in [5.74, 6) is 0.713. The van der Waals surface area contributed by atoms with Crippen LogP contribution in [0.1, 0.15) is 6.42 Å². The highest BCUT2D eigenvalue weighted by Gasteiger charge is 2.41. The van der Waals surface area contributed by atoms with Crippen molar-refractivity contribution in [1.29, 1.82) is 0 Å². The Morgan fingerprint density at radius 2 is 2.15 bits per heavy atom. The molecule has 0 spiro atoms. The highest BCUT2D eigenvalue weighted by atomic mass is 32.2. The van der Waals surface area contributed by atoms with Crippen molar-refractivity contribution in [1.82, 2.24) is 5.32 Å². The largest absolute Gasteiger partial charge is 0.306 e. The first-order chi connectivity index (χ1) is 6.45. The van der Waals surface area contributed by atoms with Crippen molar-refractivity contribution in [3.8, 4) is 0 Å². The zero-order valence-electron chi connectivity index (χ0n) is 7.39. The van der Waals surface area contributed by atoms with E-state index in [-0.39, 0.29) is 0 Å². The number of fused-ring (bicyclic) bond motifs is 3. The molecule has 0 amide bonds. The molecule has 1 nitrogen and oxygen atoms in total. The average Bonchev–Trinajstić information content (AvgIpc) is 2.56. The van der Waals surface area contributed by atoms with E-state index in [9.17, 15) is 0 Å². The Bertz CT molecular complexity index is 292. The van der Waals surface area contributed by atoms with Gasteiger partial charge in [0, 0.05) is 23.3 Å². The third-order valence-corrected chi connectivity index (χ3v) is 4.39. The van der Waals surface area contributed by atoms with Gasteiger partial charge >= 0.3 is 0 Å². The van der Waals surface area contributed by atoms with E-state index in [0.717, 1.165) is 5.25 Å². The van der Waals surface area contributed by atoms with E-state index in [1.54, 1.807) is 0 Å². The fourth-order valence-corrected chi connectivity index (χ4v) is 3.68. The third-order valence-electron chi connectivity index (χ3n) is 3.08. The Labute approximate surface area is 83.0 Å². The van der Waals surface area contributed by atoms with Crippen LogP contribution in [0.3, 0.4) is 0 Å². The lowest BCUT2D eigenvalue weighted by Gasteiger charge is -2.23. The summed E-state index contributed by atoms with van der Waals surface area (Å²) >= 11 is 1.99. The van der Waals surface area contributed by atoms with Crippen LogP contribution in [0.15, 0.2) is 35.8 Å². The first kappa shape index (κ1) is 7.89. The topological polar surface area (TPSA) is 12.0 Å². The number of thioether (sulfide) groups is 1. The number of allylic oxidation sites excluding steroid dienone is 2. The quantitative estimate of drug-likeness (QED) is 0.629. The first-order valence-electron chi connectivity index (χ1n) is 4.87. The van der Waals surface area contributed by atoms with Crippen LogP contribution in [0.4, 0.5) is 0 Å². The number of hydrogen-bond donors (Lipinski definition) is 1. The SMILES string of the molecule is C1=CC2NC3CC=CSC3C2C=C1. The van der Waals surface area contributed by atoms with E-state index in [0.29, 0.717) is 18.0 Å². The van der Waals surface area contributed by atoms with Gasteiger partial charge in [0.25, 0.3) is 0 Å². The van der Waals surface area contributed by atoms with Crippen molar-refractivity contribution in [2.24, 2.45) is 5.92 Å². The zero-order valence-corrected chi connectivity index (χ0v) is 8.21. The number of hydrogen-bond acceptors (Lipinski definition) is 2. The summed E-state index contributed by atoms with van der Waals surface area (Å²) in [5.41, 5.74) is 0. The second-order valence-electron chi connectivity index (χ2n) is 3.85. The van der Waals surface area contributed by atoms with E-state index in [1.807, 2.05) is 11.8 Å². The molecule has 3 aliphatic rings. The van der Waals surface area contributed by atoms with Crippen molar-refractivity contribution >= 4 is 11.8 Å². The second-order valence-corrected chi connectivity index (χ2v) is 4.94. The fraction of sp³-hybridized carbons (Fsp3) is 0.455. The molecule has 4 atom stereocenters. The molecule has 1 N–H and O–H groups in total. The Kier molecular flexibility index (Phi) is 1.84. The lowest BCUT2D eigenvalue weighted by atomic mass is 9.94. The maximum Gasteiger partial charge on any atom is 0.0330 e. The average molecular weight is 191 g/mol. The number of rotatable bonds is 0. The van der Waals surface area contributed by atoms with Crippen LogP contribution in [0.2, 0.25) is 0 Å². The first-order valence-corrected chi connectivity index (χ1v) is 5.81. The second kappa shape index (κ2) is 3.03. The summed E-state index contributed by atoms with van der Waals surface area (Å²) < 4.78 is 0. The molecule has 0 saturated carbocycles. The molecule has 0 bridgehead atoms. The molecule has 68 valence electrons. The van der Waals surface area contributed by atoms with Crippen molar-refractivity contribution in [2.45, 2.75) is 23.8 Å². The van der Waals surface area contributed by atoms with Crippen LogP contribution in [0.5, 0.6) is 0 Å². The van der Waals surface area contributed by atoms with Gasteiger partial charge in [-0.2, -0.15) is 0 Å². The molecule has 2 heterocycles. The Hall–Kier alpha value is -0.470.